The van der Waals surface area contributed by atoms with Crippen LogP contribution in [0.1, 0.15) is 22.7 Å². The summed E-state index contributed by atoms with van der Waals surface area (Å²) in [6.45, 7) is 1.86. The monoisotopic (exact) mass is 463 g/mol. The maximum Gasteiger partial charge on any atom is 0.300 e. The molecule has 1 aliphatic heterocycles. The lowest BCUT2D eigenvalue weighted by Crippen LogP contribution is -2.30. The second kappa shape index (κ2) is 9.00. The molecule has 0 radical (unpaired) electrons. The van der Waals surface area contributed by atoms with Gasteiger partial charge < -0.3 is 14.6 Å². The van der Waals surface area contributed by atoms with Gasteiger partial charge in [0.2, 0.25) is 0 Å². The van der Waals surface area contributed by atoms with E-state index in [-0.39, 0.29) is 11.3 Å². The van der Waals surface area contributed by atoms with Crippen molar-refractivity contribution >= 4 is 34.7 Å². The molecule has 3 aromatic carbocycles. The van der Waals surface area contributed by atoms with E-state index < -0.39 is 17.7 Å². The first kappa shape index (κ1) is 22.4. The molecule has 1 amide bonds. The van der Waals surface area contributed by atoms with Crippen molar-refractivity contribution in [2.24, 2.45) is 0 Å². The average molecular weight is 464 g/mol. The first-order valence-electron chi connectivity index (χ1n) is 10.2. The maximum absolute atomic E-state index is 13.3. The van der Waals surface area contributed by atoms with Crippen LogP contribution in [0.25, 0.3) is 5.76 Å². The number of halogens is 1. The van der Waals surface area contributed by atoms with Crippen LogP contribution < -0.4 is 14.4 Å². The molecule has 0 aromatic heterocycles. The molecule has 7 heteroatoms. The highest BCUT2D eigenvalue weighted by atomic mass is 35.5. The van der Waals surface area contributed by atoms with Crippen LogP contribution in [0.2, 0.25) is 5.02 Å². The highest BCUT2D eigenvalue weighted by Gasteiger charge is 2.47. The van der Waals surface area contributed by atoms with E-state index in [0.717, 1.165) is 5.56 Å². The highest BCUT2D eigenvalue weighted by molar-refractivity contribution is 6.51. The smallest absolute Gasteiger partial charge is 0.300 e. The van der Waals surface area contributed by atoms with E-state index in [0.29, 0.717) is 33.3 Å². The minimum atomic E-state index is -0.835. The molecule has 168 valence electrons. The van der Waals surface area contributed by atoms with Gasteiger partial charge in [-0.3, -0.25) is 14.5 Å². The average Bonchev–Trinajstić information content (AvgIpc) is 3.09. The molecular formula is C26H22ClNO5. The van der Waals surface area contributed by atoms with Gasteiger partial charge in [-0.2, -0.15) is 0 Å². The molecule has 0 aliphatic carbocycles. The number of benzene rings is 3. The van der Waals surface area contributed by atoms with Gasteiger partial charge in [0.15, 0.2) is 0 Å². The normalized spacial score (nSPS) is 17.3. The first-order valence-corrected chi connectivity index (χ1v) is 10.6. The fourth-order valence-electron chi connectivity index (χ4n) is 3.98. The van der Waals surface area contributed by atoms with E-state index in [4.69, 9.17) is 21.1 Å². The van der Waals surface area contributed by atoms with Crippen LogP contribution in [0.3, 0.4) is 0 Å². The van der Waals surface area contributed by atoms with Gasteiger partial charge in [-0.05, 0) is 54.4 Å². The Bertz CT molecular complexity index is 1270. The van der Waals surface area contributed by atoms with Gasteiger partial charge in [0, 0.05) is 11.3 Å². The zero-order valence-corrected chi connectivity index (χ0v) is 19.1. The second-order valence-corrected chi connectivity index (χ2v) is 7.99. The van der Waals surface area contributed by atoms with Crippen molar-refractivity contribution in [1.29, 1.82) is 0 Å². The van der Waals surface area contributed by atoms with Crippen molar-refractivity contribution in [3.8, 4) is 11.5 Å². The predicted molar refractivity (Wildman–Crippen MR) is 127 cm³/mol. The molecule has 0 spiro atoms. The van der Waals surface area contributed by atoms with Crippen LogP contribution in [0.5, 0.6) is 11.5 Å². The number of ketones is 1. The van der Waals surface area contributed by atoms with E-state index in [1.54, 1.807) is 55.6 Å². The number of Topliss-reactive ketones (excluding diaryl/α,β-unsaturated/α-hetero) is 1. The Morgan fingerprint density at radius 1 is 0.970 bits per heavy atom. The molecule has 1 aliphatic rings. The van der Waals surface area contributed by atoms with E-state index >= 15 is 0 Å². The number of aryl methyl sites for hydroxylation is 1. The molecule has 1 saturated heterocycles. The fourth-order valence-corrected chi connectivity index (χ4v) is 4.17. The molecule has 0 bridgehead atoms. The van der Waals surface area contributed by atoms with Gasteiger partial charge in [-0.25, -0.2) is 0 Å². The Kier molecular flexibility index (Phi) is 6.11. The summed E-state index contributed by atoms with van der Waals surface area (Å²) in [5.74, 6) is -0.817. The SMILES string of the molecule is COc1ccc(C2/C(=C(/O)c3ccc(Cl)c(OC)c3)C(=O)C(=O)N2c2ccccc2C)cc1. The van der Waals surface area contributed by atoms with Crippen LogP contribution in [-0.4, -0.2) is 31.0 Å². The Morgan fingerprint density at radius 2 is 1.67 bits per heavy atom. The van der Waals surface area contributed by atoms with Crippen molar-refractivity contribution in [2.45, 2.75) is 13.0 Å². The summed E-state index contributed by atoms with van der Waals surface area (Å²) in [7, 11) is 3.02. The van der Waals surface area contributed by atoms with Gasteiger partial charge in [0.05, 0.1) is 30.9 Å². The first-order chi connectivity index (χ1) is 15.9. The summed E-state index contributed by atoms with van der Waals surface area (Å²) >= 11 is 6.12. The number of amides is 1. The maximum atomic E-state index is 13.3. The Labute approximate surface area is 196 Å². The number of hydrogen-bond acceptors (Lipinski definition) is 5. The van der Waals surface area contributed by atoms with Gasteiger partial charge in [0.1, 0.15) is 17.3 Å². The van der Waals surface area contributed by atoms with Crippen LogP contribution in [0.15, 0.2) is 72.3 Å². The molecule has 1 unspecified atom stereocenters. The van der Waals surface area contributed by atoms with E-state index in [2.05, 4.69) is 0 Å². The van der Waals surface area contributed by atoms with Crippen LogP contribution in [0.4, 0.5) is 5.69 Å². The number of rotatable bonds is 5. The molecule has 1 fully saturated rings. The van der Waals surface area contributed by atoms with Crippen LogP contribution >= 0.6 is 11.6 Å². The summed E-state index contributed by atoms with van der Waals surface area (Å²) in [6.07, 6.45) is 0. The number of methoxy groups -OCH3 is 2. The lowest BCUT2D eigenvalue weighted by molar-refractivity contribution is -0.132. The minimum absolute atomic E-state index is 0.0159. The molecule has 0 saturated carbocycles. The lowest BCUT2D eigenvalue weighted by Gasteiger charge is -2.27. The Hall–Kier alpha value is -3.77. The highest BCUT2D eigenvalue weighted by Crippen LogP contribution is 2.43. The van der Waals surface area contributed by atoms with Crippen molar-refractivity contribution in [3.63, 3.8) is 0 Å². The molecule has 6 nitrogen and oxygen atoms in total. The third kappa shape index (κ3) is 3.94. The fraction of sp³-hybridized carbons (Fsp3) is 0.154. The quantitative estimate of drug-likeness (QED) is 0.316. The number of hydrogen-bond donors (Lipinski definition) is 1. The summed E-state index contributed by atoms with van der Waals surface area (Å²) in [5.41, 5.74) is 2.37. The molecular weight excluding hydrogens is 442 g/mol. The van der Waals surface area contributed by atoms with Crippen LogP contribution in [-0.2, 0) is 9.59 Å². The molecule has 3 aromatic rings. The zero-order chi connectivity index (χ0) is 23.7. The standard InChI is InChI=1S/C26H22ClNO5/c1-15-6-4-5-7-20(15)28-23(16-8-11-18(32-2)12-9-16)22(25(30)26(28)31)24(29)17-10-13-19(27)21(14-17)33-3/h4-14,23,29H,1-3H3/b24-22-. The summed E-state index contributed by atoms with van der Waals surface area (Å²) in [6, 6.07) is 18.2. The number of aliphatic hydroxyl groups excluding tert-OH is 1. The predicted octanol–water partition coefficient (Wildman–Crippen LogP) is 5.29. The van der Waals surface area contributed by atoms with E-state index in [9.17, 15) is 14.7 Å². The number of aliphatic hydroxyl groups is 1. The van der Waals surface area contributed by atoms with Crippen molar-refractivity contribution in [3.05, 3.63) is 94.0 Å². The largest absolute Gasteiger partial charge is 0.507 e. The number of anilines is 1. The number of carbonyl (C=O) groups excluding carboxylic acids is 2. The Morgan fingerprint density at radius 3 is 2.30 bits per heavy atom. The van der Waals surface area contributed by atoms with Gasteiger partial charge >= 0.3 is 0 Å². The van der Waals surface area contributed by atoms with Gasteiger partial charge in [0.25, 0.3) is 11.7 Å². The summed E-state index contributed by atoms with van der Waals surface area (Å²) in [5, 5.41) is 11.6. The van der Waals surface area contributed by atoms with E-state index in [1.807, 2.05) is 19.1 Å². The molecule has 1 heterocycles. The minimum Gasteiger partial charge on any atom is -0.507 e. The number of ether oxygens (including phenoxy) is 2. The third-order valence-electron chi connectivity index (χ3n) is 5.68. The van der Waals surface area contributed by atoms with Gasteiger partial charge in [-0.1, -0.05) is 41.9 Å². The number of para-hydroxylation sites is 1. The number of nitrogens with zero attached hydrogens (tertiary/aromatic N) is 1. The summed E-state index contributed by atoms with van der Waals surface area (Å²) in [4.78, 5) is 27.9. The third-order valence-corrected chi connectivity index (χ3v) is 5.99. The Balaban J connectivity index is 1.96. The topological polar surface area (TPSA) is 76.1 Å². The lowest BCUT2D eigenvalue weighted by atomic mass is 9.94. The molecule has 33 heavy (non-hydrogen) atoms. The van der Waals surface area contributed by atoms with Crippen molar-refractivity contribution in [2.75, 3.05) is 19.1 Å². The second-order valence-electron chi connectivity index (χ2n) is 7.58. The van der Waals surface area contributed by atoms with Crippen molar-refractivity contribution < 1.29 is 24.2 Å². The molecule has 1 atom stereocenters. The van der Waals surface area contributed by atoms with E-state index in [1.165, 1.54) is 18.1 Å². The van der Waals surface area contributed by atoms with Gasteiger partial charge in [-0.15, -0.1) is 0 Å². The summed E-state index contributed by atoms with van der Waals surface area (Å²) < 4.78 is 10.5. The van der Waals surface area contributed by atoms with Crippen LogP contribution in [0, 0.1) is 6.92 Å². The molecule has 1 N–H and O–H groups in total. The van der Waals surface area contributed by atoms with Crippen molar-refractivity contribution in [1.82, 2.24) is 0 Å². The number of carbonyl (C=O) groups is 2. The zero-order valence-electron chi connectivity index (χ0n) is 18.3. The molecule has 4 rings (SSSR count).